The average molecular weight is 465 g/mol. The number of morpholine rings is 2. The van der Waals surface area contributed by atoms with Crippen LogP contribution in [0.4, 0.5) is 0 Å². The van der Waals surface area contributed by atoms with Crippen LogP contribution in [0.3, 0.4) is 0 Å². The van der Waals surface area contributed by atoms with E-state index in [1.165, 1.54) is 0 Å². The zero-order valence-electron chi connectivity index (χ0n) is 15.9. The zero-order valence-corrected chi connectivity index (χ0v) is 18.4. The van der Waals surface area contributed by atoms with Crippen LogP contribution in [-0.4, -0.2) is 62.2 Å². The van der Waals surface area contributed by atoms with Crippen LogP contribution < -0.4 is 5.30 Å². The third kappa shape index (κ3) is 4.13. The summed E-state index contributed by atoms with van der Waals surface area (Å²) in [6.45, 7) is 5.51. The molecule has 28 heavy (non-hydrogen) atoms. The Labute approximate surface area is 175 Å². The first-order valence-corrected chi connectivity index (χ1v) is 12.3. The minimum absolute atomic E-state index is 0.204. The maximum Gasteiger partial charge on any atom is 0.199 e. The van der Waals surface area contributed by atoms with Gasteiger partial charge in [0.05, 0.1) is 26.4 Å². The molecule has 2 aliphatic rings. The minimum atomic E-state index is -2.95. The molecule has 2 atom stereocenters. The average Bonchev–Trinajstić information content (AvgIpc) is 2.77. The van der Waals surface area contributed by atoms with Crippen molar-refractivity contribution in [3.8, 4) is 0 Å². The summed E-state index contributed by atoms with van der Waals surface area (Å²) in [5.74, 6) is -0.204. The van der Waals surface area contributed by atoms with Crippen LogP contribution in [0.25, 0.3) is 0 Å². The molecule has 7 heteroatoms. The third-order valence-electron chi connectivity index (χ3n) is 5.43. The molecule has 5 nitrogen and oxygen atoms in total. The van der Waals surface area contributed by atoms with Gasteiger partial charge in [-0.3, -0.25) is 9.46 Å². The van der Waals surface area contributed by atoms with E-state index in [0.717, 1.165) is 28.4 Å². The van der Waals surface area contributed by atoms with Gasteiger partial charge in [-0.25, -0.2) is 4.67 Å². The quantitative estimate of drug-likeness (QED) is 0.630. The molecule has 2 saturated heterocycles. The summed E-state index contributed by atoms with van der Waals surface area (Å²) in [6, 6.07) is 18.3. The Kier molecular flexibility index (Phi) is 6.66. The molecule has 0 aromatic heterocycles. The van der Waals surface area contributed by atoms with Crippen LogP contribution in [0.1, 0.15) is 11.3 Å². The van der Waals surface area contributed by atoms with Gasteiger partial charge in [-0.15, -0.1) is 0 Å². The van der Waals surface area contributed by atoms with E-state index in [9.17, 15) is 0 Å². The molecule has 4 rings (SSSR count). The van der Waals surface area contributed by atoms with Gasteiger partial charge in [0.2, 0.25) is 0 Å². The molecule has 0 bridgehead atoms. The number of benzene rings is 2. The number of halogens is 1. The molecule has 2 aromatic carbocycles. The molecule has 0 saturated carbocycles. The monoisotopic (exact) mass is 464 g/mol. The van der Waals surface area contributed by atoms with E-state index in [1.54, 1.807) is 0 Å². The van der Waals surface area contributed by atoms with Crippen LogP contribution in [0.2, 0.25) is 0 Å². The maximum absolute atomic E-state index is 15.0. The molecular weight excluding hydrogens is 439 g/mol. The first-order chi connectivity index (χ1) is 13.7. The van der Waals surface area contributed by atoms with Gasteiger partial charge in [0, 0.05) is 36.0 Å². The molecule has 2 heterocycles. The van der Waals surface area contributed by atoms with Crippen LogP contribution >= 0.6 is 23.2 Å². The van der Waals surface area contributed by atoms with Gasteiger partial charge in [-0.2, -0.15) is 0 Å². The van der Waals surface area contributed by atoms with E-state index in [2.05, 4.69) is 37.6 Å². The zero-order chi connectivity index (χ0) is 19.4. The molecule has 0 spiro atoms. The fourth-order valence-electron chi connectivity index (χ4n) is 4.04. The summed E-state index contributed by atoms with van der Waals surface area (Å²) in [5, 5.41) is 0.913. The van der Waals surface area contributed by atoms with Gasteiger partial charge in [0.1, 0.15) is 5.78 Å². The van der Waals surface area contributed by atoms with Gasteiger partial charge < -0.3 is 9.47 Å². The second-order valence-electron chi connectivity index (χ2n) is 7.10. The Hall–Kier alpha value is -1.01. The Morgan fingerprint density at radius 3 is 2.00 bits per heavy atom. The highest BCUT2D eigenvalue weighted by atomic mass is 79.9. The lowest BCUT2D eigenvalue weighted by Gasteiger charge is -2.44. The van der Waals surface area contributed by atoms with Gasteiger partial charge >= 0.3 is 0 Å². The Bertz CT molecular complexity index is 806. The van der Waals surface area contributed by atoms with E-state index in [-0.39, 0.29) is 5.78 Å². The smallest absolute Gasteiger partial charge is 0.199 e. The molecule has 2 aliphatic heterocycles. The predicted molar refractivity (Wildman–Crippen MR) is 115 cm³/mol. The molecule has 0 amide bonds. The van der Waals surface area contributed by atoms with Crippen LogP contribution in [0.5, 0.6) is 0 Å². The summed E-state index contributed by atoms with van der Waals surface area (Å²) in [6.07, 6.45) is 0. The normalized spacial score (nSPS) is 22.5. The summed E-state index contributed by atoms with van der Waals surface area (Å²) in [7, 11) is -2.95. The van der Waals surface area contributed by atoms with Crippen LogP contribution in [-0.2, 0) is 14.0 Å². The summed E-state index contributed by atoms with van der Waals surface area (Å²) in [5.41, 5.74) is 1.09. The Morgan fingerprint density at radius 1 is 0.821 bits per heavy atom. The lowest BCUT2D eigenvalue weighted by atomic mass is 10.2. The molecule has 2 fully saturated rings. The first kappa shape index (κ1) is 20.3. The summed E-state index contributed by atoms with van der Waals surface area (Å²) < 4.78 is 29.4. The lowest BCUT2D eigenvalue weighted by molar-refractivity contribution is 0.0274. The predicted octanol–water partition coefficient (Wildman–Crippen LogP) is 3.72. The lowest BCUT2D eigenvalue weighted by Crippen LogP contribution is -2.45. The molecular formula is C21H26BrN2O3P. The van der Waals surface area contributed by atoms with Gasteiger partial charge in [0.25, 0.3) is 0 Å². The van der Waals surface area contributed by atoms with Crippen LogP contribution in [0, 0.1) is 0 Å². The third-order valence-corrected chi connectivity index (χ3v) is 9.52. The summed E-state index contributed by atoms with van der Waals surface area (Å²) in [4.78, 5) is 2.34. The van der Waals surface area contributed by atoms with Crippen molar-refractivity contribution in [1.82, 2.24) is 9.57 Å². The highest BCUT2D eigenvalue weighted by Crippen LogP contribution is 2.62. The van der Waals surface area contributed by atoms with Crippen molar-refractivity contribution in [1.29, 1.82) is 0 Å². The van der Waals surface area contributed by atoms with Crippen molar-refractivity contribution >= 4 is 28.5 Å². The number of hydrogen-bond donors (Lipinski definition) is 0. The van der Waals surface area contributed by atoms with E-state index in [1.807, 2.05) is 42.5 Å². The highest BCUT2D eigenvalue weighted by molar-refractivity contribution is 9.10. The number of rotatable bonds is 5. The fraction of sp³-hybridized carbons (Fsp3) is 0.429. The van der Waals surface area contributed by atoms with Crippen molar-refractivity contribution < 1.29 is 14.0 Å². The van der Waals surface area contributed by atoms with Crippen molar-refractivity contribution in [2.45, 2.75) is 5.78 Å². The van der Waals surface area contributed by atoms with Crippen LogP contribution in [0.15, 0.2) is 59.1 Å². The summed E-state index contributed by atoms with van der Waals surface area (Å²) >= 11 is 3.53. The Balaban J connectivity index is 1.84. The van der Waals surface area contributed by atoms with E-state index >= 15 is 4.57 Å². The fourth-order valence-corrected chi connectivity index (χ4v) is 7.83. The number of ether oxygens (including phenoxy) is 2. The molecule has 150 valence electrons. The molecule has 0 radical (unpaired) electrons. The van der Waals surface area contributed by atoms with Gasteiger partial charge in [0.15, 0.2) is 7.29 Å². The van der Waals surface area contributed by atoms with Crippen molar-refractivity contribution in [2.24, 2.45) is 0 Å². The van der Waals surface area contributed by atoms with Crippen molar-refractivity contribution in [2.75, 3.05) is 52.6 Å². The number of hydrogen-bond acceptors (Lipinski definition) is 4. The van der Waals surface area contributed by atoms with Gasteiger partial charge in [-0.1, -0.05) is 58.4 Å². The van der Waals surface area contributed by atoms with Crippen molar-refractivity contribution in [3.05, 3.63) is 64.6 Å². The topological polar surface area (TPSA) is 42.0 Å². The first-order valence-electron chi connectivity index (χ1n) is 9.75. The highest BCUT2D eigenvalue weighted by Gasteiger charge is 2.45. The minimum Gasteiger partial charge on any atom is -0.379 e. The number of nitrogens with zero attached hydrogens (tertiary/aromatic N) is 2. The van der Waals surface area contributed by atoms with E-state index in [4.69, 9.17) is 9.47 Å². The second-order valence-corrected chi connectivity index (χ2v) is 10.8. The molecule has 0 aliphatic carbocycles. The molecule has 0 N–H and O–H groups in total. The Morgan fingerprint density at radius 2 is 1.39 bits per heavy atom. The second kappa shape index (κ2) is 9.21. The maximum atomic E-state index is 15.0. The van der Waals surface area contributed by atoms with E-state index in [0.29, 0.717) is 39.5 Å². The SMILES string of the molecule is O=P(c1ccccc1)(C(c1ccc(Br)cc1)N1CCOCC1)N1CCOCC1. The standard InChI is InChI=1S/C21H26BrN2O3P/c22-19-8-6-18(7-9-19)21(23-10-14-26-15-11-23)28(25,20-4-2-1-3-5-20)24-12-16-27-17-13-24/h1-9,21H,10-17H2. The van der Waals surface area contributed by atoms with Gasteiger partial charge in [-0.05, 0) is 17.7 Å². The van der Waals surface area contributed by atoms with Crippen molar-refractivity contribution in [3.63, 3.8) is 0 Å². The van der Waals surface area contributed by atoms with E-state index < -0.39 is 7.29 Å². The molecule has 2 unspecified atom stereocenters. The largest absolute Gasteiger partial charge is 0.379 e. The molecule has 2 aromatic rings.